The molecule has 1 heterocycles. The van der Waals surface area contributed by atoms with Gasteiger partial charge in [-0.25, -0.2) is 8.42 Å². The molecule has 1 aromatic carbocycles. The van der Waals surface area contributed by atoms with Gasteiger partial charge in [-0.05, 0) is 37.0 Å². The van der Waals surface area contributed by atoms with Gasteiger partial charge in [0.25, 0.3) is 0 Å². The Balaban J connectivity index is 2.37. The molecule has 0 aliphatic carbocycles. The van der Waals surface area contributed by atoms with Gasteiger partial charge in [0.15, 0.2) is 0 Å². The van der Waals surface area contributed by atoms with Gasteiger partial charge in [0.1, 0.15) is 0 Å². The molecular formula is C14H21NO3S. The Morgan fingerprint density at radius 2 is 1.79 bits per heavy atom. The molecule has 5 heteroatoms. The van der Waals surface area contributed by atoms with Gasteiger partial charge in [-0.1, -0.05) is 25.0 Å². The molecule has 4 nitrogen and oxygen atoms in total. The van der Waals surface area contributed by atoms with E-state index in [9.17, 15) is 8.42 Å². The molecule has 0 spiro atoms. The van der Waals surface area contributed by atoms with Crippen molar-refractivity contribution in [3.05, 3.63) is 29.3 Å². The third-order valence-corrected chi connectivity index (χ3v) is 5.66. The Bertz CT molecular complexity index is 532. The maximum Gasteiger partial charge on any atom is 0.243 e. The molecule has 0 atom stereocenters. The normalized spacial score (nSPS) is 18.2. The highest BCUT2D eigenvalue weighted by Crippen LogP contribution is 2.24. The number of aliphatic hydroxyl groups is 1. The van der Waals surface area contributed by atoms with Gasteiger partial charge < -0.3 is 5.11 Å². The third kappa shape index (κ3) is 3.16. The van der Waals surface area contributed by atoms with Crippen LogP contribution in [0.25, 0.3) is 0 Å². The lowest BCUT2D eigenvalue weighted by atomic mass is 10.2. The fourth-order valence-corrected chi connectivity index (χ4v) is 4.23. The lowest BCUT2D eigenvalue weighted by Gasteiger charge is -2.21. The van der Waals surface area contributed by atoms with Crippen molar-refractivity contribution in [1.29, 1.82) is 0 Å². The second-order valence-corrected chi connectivity index (χ2v) is 6.98. The topological polar surface area (TPSA) is 57.6 Å². The molecule has 1 aromatic rings. The first-order valence-electron chi connectivity index (χ1n) is 6.76. The van der Waals surface area contributed by atoms with Gasteiger partial charge in [-0.3, -0.25) is 0 Å². The summed E-state index contributed by atoms with van der Waals surface area (Å²) in [6.45, 7) is 2.87. The van der Waals surface area contributed by atoms with Crippen molar-refractivity contribution in [3.63, 3.8) is 0 Å². The summed E-state index contributed by atoms with van der Waals surface area (Å²) in [7, 11) is -3.43. The zero-order valence-electron chi connectivity index (χ0n) is 11.3. The predicted molar refractivity (Wildman–Crippen MR) is 74.3 cm³/mol. The summed E-state index contributed by atoms with van der Waals surface area (Å²) >= 11 is 0. The number of nitrogens with zero attached hydrogens (tertiary/aromatic N) is 1. The average molecular weight is 283 g/mol. The van der Waals surface area contributed by atoms with E-state index in [1.54, 1.807) is 29.4 Å². The van der Waals surface area contributed by atoms with E-state index >= 15 is 0 Å². The van der Waals surface area contributed by atoms with Crippen molar-refractivity contribution < 1.29 is 13.5 Å². The third-order valence-electron chi connectivity index (χ3n) is 3.62. The van der Waals surface area contributed by atoms with Crippen molar-refractivity contribution in [1.82, 2.24) is 4.31 Å². The minimum absolute atomic E-state index is 0.136. The fraction of sp³-hybridized carbons (Fsp3) is 0.571. The van der Waals surface area contributed by atoms with Crippen LogP contribution in [0, 0.1) is 6.92 Å². The molecule has 1 saturated heterocycles. The van der Waals surface area contributed by atoms with E-state index < -0.39 is 10.0 Å². The number of benzene rings is 1. The highest BCUT2D eigenvalue weighted by atomic mass is 32.2. The van der Waals surface area contributed by atoms with Gasteiger partial charge in [0.2, 0.25) is 10.0 Å². The SMILES string of the molecule is Cc1ccc(CO)cc1S(=O)(=O)N1CCCCCC1. The number of aryl methyl sites for hydroxylation is 1. The largest absolute Gasteiger partial charge is 0.392 e. The van der Waals surface area contributed by atoms with E-state index in [2.05, 4.69) is 0 Å². The Hall–Kier alpha value is -0.910. The van der Waals surface area contributed by atoms with Crippen molar-refractivity contribution in [2.75, 3.05) is 13.1 Å². The van der Waals surface area contributed by atoms with Crippen molar-refractivity contribution in [2.45, 2.75) is 44.1 Å². The number of sulfonamides is 1. The molecule has 1 N–H and O–H groups in total. The van der Waals surface area contributed by atoms with Crippen LogP contribution < -0.4 is 0 Å². The summed E-state index contributed by atoms with van der Waals surface area (Å²) in [6, 6.07) is 5.11. The number of aliphatic hydroxyl groups excluding tert-OH is 1. The molecule has 0 aromatic heterocycles. The Morgan fingerprint density at radius 3 is 2.37 bits per heavy atom. The molecule has 0 saturated carbocycles. The van der Waals surface area contributed by atoms with E-state index in [0.29, 0.717) is 23.5 Å². The van der Waals surface area contributed by atoms with Gasteiger partial charge in [0.05, 0.1) is 11.5 Å². The van der Waals surface area contributed by atoms with E-state index in [1.807, 2.05) is 0 Å². The number of hydrogen-bond acceptors (Lipinski definition) is 3. The van der Waals surface area contributed by atoms with Crippen LogP contribution in [0.4, 0.5) is 0 Å². The van der Waals surface area contributed by atoms with Crippen LogP contribution in [0.5, 0.6) is 0 Å². The van der Waals surface area contributed by atoms with Gasteiger partial charge in [-0.15, -0.1) is 0 Å². The zero-order valence-corrected chi connectivity index (χ0v) is 12.1. The molecule has 2 rings (SSSR count). The van der Waals surface area contributed by atoms with Crippen molar-refractivity contribution in [3.8, 4) is 0 Å². The highest BCUT2D eigenvalue weighted by Gasteiger charge is 2.26. The fourth-order valence-electron chi connectivity index (χ4n) is 2.44. The van der Waals surface area contributed by atoms with Crippen molar-refractivity contribution in [2.24, 2.45) is 0 Å². The Morgan fingerprint density at radius 1 is 1.16 bits per heavy atom. The number of rotatable bonds is 3. The second-order valence-electron chi connectivity index (χ2n) is 5.08. The van der Waals surface area contributed by atoms with Crippen LogP contribution in [0.1, 0.15) is 36.8 Å². The van der Waals surface area contributed by atoms with E-state index in [-0.39, 0.29) is 6.61 Å². The quantitative estimate of drug-likeness (QED) is 0.923. The summed E-state index contributed by atoms with van der Waals surface area (Å²) in [5, 5.41) is 9.17. The molecule has 19 heavy (non-hydrogen) atoms. The summed E-state index contributed by atoms with van der Waals surface area (Å²) in [6.07, 6.45) is 4.05. The molecule has 1 aliphatic heterocycles. The van der Waals surface area contributed by atoms with Crippen molar-refractivity contribution >= 4 is 10.0 Å². The monoisotopic (exact) mass is 283 g/mol. The lowest BCUT2D eigenvalue weighted by molar-refractivity contribution is 0.281. The Kier molecular flexibility index (Phi) is 4.60. The maximum absolute atomic E-state index is 12.7. The smallest absolute Gasteiger partial charge is 0.243 e. The molecule has 0 radical (unpaired) electrons. The number of hydrogen-bond donors (Lipinski definition) is 1. The van der Waals surface area contributed by atoms with E-state index in [4.69, 9.17) is 5.11 Å². The summed E-state index contributed by atoms with van der Waals surface area (Å²) in [4.78, 5) is 0.334. The molecule has 0 bridgehead atoms. The lowest BCUT2D eigenvalue weighted by Crippen LogP contribution is -2.32. The molecule has 1 aliphatic rings. The average Bonchev–Trinajstić information content (AvgIpc) is 2.68. The predicted octanol–water partition coefficient (Wildman–Crippen LogP) is 2.05. The highest BCUT2D eigenvalue weighted by molar-refractivity contribution is 7.89. The first kappa shape index (κ1) is 14.5. The maximum atomic E-state index is 12.7. The summed E-state index contributed by atoms with van der Waals surface area (Å²) < 4.78 is 26.9. The Labute approximate surface area is 115 Å². The zero-order chi connectivity index (χ0) is 13.9. The van der Waals surface area contributed by atoms with Crippen LogP contribution in [-0.2, 0) is 16.6 Å². The second kappa shape index (κ2) is 6.03. The summed E-state index contributed by atoms with van der Waals surface area (Å²) in [5.41, 5.74) is 1.38. The first-order valence-corrected chi connectivity index (χ1v) is 8.20. The molecule has 106 valence electrons. The molecule has 0 unspecified atom stereocenters. The van der Waals surface area contributed by atoms with Crippen LogP contribution >= 0.6 is 0 Å². The minimum atomic E-state index is -3.43. The van der Waals surface area contributed by atoms with Gasteiger partial charge >= 0.3 is 0 Å². The van der Waals surface area contributed by atoms with E-state index in [1.165, 1.54) is 0 Å². The molecule has 0 amide bonds. The molecular weight excluding hydrogens is 262 g/mol. The van der Waals surface area contributed by atoms with Crippen LogP contribution in [-0.4, -0.2) is 30.9 Å². The van der Waals surface area contributed by atoms with Crippen LogP contribution in [0.3, 0.4) is 0 Å². The van der Waals surface area contributed by atoms with Gasteiger partial charge in [-0.2, -0.15) is 4.31 Å². The standard InChI is InChI=1S/C14H21NO3S/c1-12-6-7-13(11-16)10-14(12)19(17,18)15-8-4-2-3-5-9-15/h6-7,10,16H,2-5,8-9,11H2,1H3. The van der Waals surface area contributed by atoms with Crippen LogP contribution in [0.2, 0.25) is 0 Å². The first-order chi connectivity index (χ1) is 9.05. The van der Waals surface area contributed by atoms with Gasteiger partial charge in [0, 0.05) is 13.1 Å². The van der Waals surface area contributed by atoms with E-state index in [0.717, 1.165) is 31.2 Å². The molecule has 1 fully saturated rings. The summed E-state index contributed by atoms with van der Waals surface area (Å²) in [5.74, 6) is 0. The minimum Gasteiger partial charge on any atom is -0.392 e. The van der Waals surface area contributed by atoms with Crippen LogP contribution in [0.15, 0.2) is 23.1 Å².